The molecule has 18 heavy (non-hydrogen) atoms. The van der Waals surface area contributed by atoms with Crippen molar-refractivity contribution in [2.24, 2.45) is 0 Å². The van der Waals surface area contributed by atoms with Gasteiger partial charge < -0.3 is 10.6 Å². The molecule has 1 aromatic carbocycles. The highest BCUT2D eigenvalue weighted by Gasteiger charge is 2.35. The topological polar surface area (TPSA) is 41.1 Å². The van der Waals surface area contributed by atoms with Crippen LogP contribution in [0, 0.1) is 0 Å². The fourth-order valence-corrected chi connectivity index (χ4v) is 2.61. The lowest BCUT2D eigenvalue weighted by Crippen LogP contribution is -2.47. The zero-order chi connectivity index (χ0) is 12.6. The zero-order valence-corrected chi connectivity index (χ0v) is 10.8. The second kappa shape index (κ2) is 4.39. The van der Waals surface area contributed by atoms with Gasteiger partial charge in [-0.25, -0.2) is 0 Å². The first-order chi connectivity index (χ1) is 8.67. The van der Waals surface area contributed by atoms with Gasteiger partial charge in [-0.15, -0.1) is 0 Å². The highest BCUT2D eigenvalue weighted by molar-refractivity contribution is 5.98. The number of carbonyl (C=O) groups is 1. The average molecular weight is 244 g/mol. The highest BCUT2D eigenvalue weighted by Crippen LogP contribution is 2.40. The molecular formula is C15H20N2O. The number of rotatable bonds is 3. The van der Waals surface area contributed by atoms with Crippen LogP contribution in [-0.4, -0.2) is 18.0 Å². The van der Waals surface area contributed by atoms with Gasteiger partial charge in [0.25, 0.3) is 0 Å². The van der Waals surface area contributed by atoms with Crippen molar-refractivity contribution in [3.05, 3.63) is 29.8 Å². The summed E-state index contributed by atoms with van der Waals surface area (Å²) in [5.74, 6) is 0.850. The molecule has 1 aliphatic carbocycles. The molecule has 0 spiro atoms. The third-order valence-electron chi connectivity index (χ3n) is 4.09. The van der Waals surface area contributed by atoms with E-state index >= 15 is 0 Å². The average Bonchev–Trinajstić information content (AvgIpc) is 3.13. The van der Waals surface area contributed by atoms with Gasteiger partial charge in [0.2, 0.25) is 5.91 Å². The minimum absolute atomic E-state index is 0.0826. The molecule has 3 heteroatoms. The van der Waals surface area contributed by atoms with Gasteiger partial charge in [-0.05, 0) is 62.8 Å². The Balaban J connectivity index is 1.66. The summed E-state index contributed by atoms with van der Waals surface area (Å²) < 4.78 is 0. The summed E-state index contributed by atoms with van der Waals surface area (Å²) in [5.41, 5.74) is 1.91. The molecule has 1 heterocycles. The van der Waals surface area contributed by atoms with Crippen LogP contribution in [0.5, 0.6) is 0 Å². The Morgan fingerprint density at radius 1 is 1.33 bits per heavy atom. The highest BCUT2D eigenvalue weighted by atomic mass is 16.2. The number of nitrogens with one attached hydrogen (secondary N) is 2. The Hall–Kier alpha value is -1.35. The number of anilines is 1. The third-order valence-corrected chi connectivity index (χ3v) is 4.09. The van der Waals surface area contributed by atoms with Crippen molar-refractivity contribution in [2.75, 3.05) is 11.9 Å². The monoisotopic (exact) mass is 244 g/mol. The summed E-state index contributed by atoms with van der Waals surface area (Å²) in [6, 6.07) is 8.31. The van der Waals surface area contributed by atoms with Crippen LogP contribution < -0.4 is 10.6 Å². The molecule has 1 amide bonds. The van der Waals surface area contributed by atoms with E-state index in [9.17, 15) is 4.79 Å². The van der Waals surface area contributed by atoms with Crippen molar-refractivity contribution in [1.29, 1.82) is 0 Å². The van der Waals surface area contributed by atoms with Gasteiger partial charge in [0.05, 0.1) is 5.54 Å². The van der Waals surface area contributed by atoms with Crippen LogP contribution in [0.15, 0.2) is 24.3 Å². The van der Waals surface area contributed by atoms with Gasteiger partial charge in [-0.1, -0.05) is 12.1 Å². The summed E-state index contributed by atoms with van der Waals surface area (Å²) in [7, 11) is 0. The van der Waals surface area contributed by atoms with Crippen molar-refractivity contribution in [1.82, 2.24) is 5.32 Å². The van der Waals surface area contributed by atoms with Gasteiger partial charge in [-0.3, -0.25) is 4.79 Å². The van der Waals surface area contributed by atoms with Crippen LogP contribution in [-0.2, 0) is 4.79 Å². The minimum Gasteiger partial charge on any atom is -0.324 e. The molecule has 1 saturated carbocycles. The molecule has 2 fully saturated rings. The predicted octanol–water partition coefficient (Wildman–Crippen LogP) is 2.64. The van der Waals surface area contributed by atoms with Crippen molar-refractivity contribution in [2.45, 2.75) is 44.1 Å². The largest absolute Gasteiger partial charge is 0.324 e. The molecule has 2 N–H and O–H groups in total. The van der Waals surface area contributed by atoms with E-state index in [1.165, 1.54) is 18.4 Å². The van der Waals surface area contributed by atoms with Crippen LogP contribution in [0.25, 0.3) is 0 Å². The molecule has 2 aliphatic rings. The number of hydrogen-bond acceptors (Lipinski definition) is 2. The van der Waals surface area contributed by atoms with Gasteiger partial charge in [0.1, 0.15) is 0 Å². The van der Waals surface area contributed by atoms with Crippen molar-refractivity contribution >= 4 is 11.6 Å². The van der Waals surface area contributed by atoms with Gasteiger partial charge >= 0.3 is 0 Å². The molecule has 3 rings (SSSR count). The van der Waals surface area contributed by atoms with E-state index in [0.717, 1.165) is 31.0 Å². The molecule has 0 unspecified atom stereocenters. The predicted molar refractivity (Wildman–Crippen MR) is 72.7 cm³/mol. The molecular weight excluding hydrogens is 224 g/mol. The second-order valence-electron chi connectivity index (χ2n) is 5.71. The summed E-state index contributed by atoms with van der Waals surface area (Å²) in [6.07, 6.45) is 4.62. The SMILES string of the molecule is C[C@@]1(C(=O)Nc2ccc(C3CC3)cc2)CCCN1. The summed E-state index contributed by atoms with van der Waals surface area (Å²) in [5, 5.41) is 6.29. The molecule has 1 atom stereocenters. The third kappa shape index (κ3) is 2.27. The maximum atomic E-state index is 12.2. The number of benzene rings is 1. The van der Waals surface area contributed by atoms with Crippen LogP contribution in [0.1, 0.15) is 44.1 Å². The number of hydrogen-bond donors (Lipinski definition) is 2. The Morgan fingerprint density at radius 2 is 2.06 bits per heavy atom. The maximum absolute atomic E-state index is 12.2. The molecule has 1 aliphatic heterocycles. The zero-order valence-electron chi connectivity index (χ0n) is 10.8. The molecule has 1 saturated heterocycles. The summed E-state index contributed by atoms with van der Waals surface area (Å²) >= 11 is 0. The van der Waals surface area contributed by atoms with Crippen LogP contribution >= 0.6 is 0 Å². The van der Waals surface area contributed by atoms with E-state index < -0.39 is 5.54 Å². The van der Waals surface area contributed by atoms with Crippen LogP contribution in [0.3, 0.4) is 0 Å². The first-order valence-corrected chi connectivity index (χ1v) is 6.84. The standard InChI is InChI=1S/C15H20N2O/c1-15(9-2-10-16-15)14(18)17-13-7-5-12(6-8-13)11-3-4-11/h5-8,11,16H,2-4,9-10H2,1H3,(H,17,18)/t15-/m0/s1. The van der Waals surface area contributed by atoms with E-state index in [0.29, 0.717) is 0 Å². The number of carbonyl (C=O) groups excluding carboxylic acids is 1. The fourth-order valence-electron chi connectivity index (χ4n) is 2.61. The van der Waals surface area contributed by atoms with E-state index in [1.54, 1.807) is 0 Å². The molecule has 96 valence electrons. The first-order valence-electron chi connectivity index (χ1n) is 6.84. The van der Waals surface area contributed by atoms with Crippen LogP contribution in [0.2, 0.25) is 0 Å². The fraction of sp³-hybridized carbons (Fsp3) is 0.533. The van der Waals surface area contributed by atoms with E-state index in [2.05, 4.69) is 22.8 Å². The Bertz CT molecular complexity index is 442. The molecule has 0 radical (unpaired) electrons. The van der Waals surface area contributed by atoms with E-state index in [-0.39, 0.29) is 5.91 Å². The lowest BCUT2D eigenvalue weighted by Gasteiger charge is -2.23. The Morgan fingerprint density at radius 3 is 2.61 bits per heavy atom. The molecule has 3 nitrogen and oxygen atoms in total. The normalized spacial score (nSPS) is 27.2. The lowest BCUT2D eigenvalue weighted by molar-refractivity contribution is -0.121. The Labute approximate surface area is 108 Å². The second-order valence-corrected chi connectivity index (χ2v) is 5.71. The molecule has 0 bridgehead atoms. The molecule has 0 aromatic heterocycles. The lowest BCUT2D eigenvalue weighted by atomic mass is 9.99. The molecule has 1 aromatic rings. The maximum Gasteiger partial charge on any atom is 0.244 e. The quantitative estimate of drug-likeness (QED) is 0.858. The van der Waals surface area contributed by atoms with E-state index in [4.69, 9.17) is 0 Å². The first kappa shape index (κ1) is 11.7. The van der Waals surface area contributed by atoms with Gasteiger partial charge in [-0.2, -0.15) is 0 Å². The smallest absolute Gasteiger partial charge is 0.244 e. The minimum atomic E-state index is -0.394. The van der Waals surface area contributed by atoms with E-state index in [1.807, 2.05) is 19.1 Å². The van der Waals surface area contributed by atoms with Crippen LogP contribution in [0.4, 0.5) is 5.69 Å². The van der Waals surface area contributed by atoms with Crippen molar-refractivity contribution in [3.8, 4) is 0 Å². The number of amides is 1. The van der Waals surface area contributed by atoms with Crippen molar-refractivity contribution in [3.63, 3.8) is 0 Å². The summed E-state index contributed by atoms with van der Waals surface area (Å²) in [4.78, 5) is 12.2. The Kier molecular flexibility index (Phi) is 2.86. The van der Waals surface area contributed by atoms with Gasteiger partial charge in [0.15, 0.2) is 0 Å². The summed E-state index contributed by atoms with van der Waals surface area (Å²) in [6.45, 7) is 2.92. The van der Waals surface area contributed by atoms with Gasteiger partial charge in [0, 0.05) is 5.69 Å². The van der Waals surface area contributed by atoms with Crippen molar-refractivity contribution < 1.29 is 4.79 Å².